The lowest BCUT2D eigenvalue weighted by atomic mass is 10.0. The predicted octanol–water partition coefficient (Wildman–Crippen LogP) is 2.84. The zero-order valence-corrected chi connectivity index (χ0v) is 12.5. The number of amides is 2. The van der Waals surface area contributed by atoms with E-state index in [1.54, 1.807) is 4.90 Å². The number of piperidine rings is 1. The number of hydrogen-bond acceptors (Lipinski definition) is 2. The van der Waals surface area contributed by atoms with Crippen LogP contribution in [-0.2, 0) is 9.59 Å². The first-order valence-corrected chi connectivity index (χ1v) is 7.70. The van der Waals surface area contributed by atoms with Crippen molar-refractivity contribution < 1.29 is 22.8 Å². The Morgan fingerprint density at radius 3 is 2.26 bits per heavy atom. The van der Waals surface area contributed by atoms with E-state index in [4.69, 9.17) is 0 Å². The van der Waals surface area contributed by atoms with Crippen LogP contribution in [0.25, 0.3) is 0 Å². The minimum Gasteiger partial charge on any atom is -0.342 e. The number of carbonyl (C=O) groups excluding carboxylic acids is 2. The minimum absolute atomic E-state index is 0.252. The fraction of sp³-hybridized carbons (Fsp3) is 0.500. The van der Waals surface area contributed by atoms with Crippen molar-refractivity contribution in [2.24, 2.45) is 5.41 Å². The van der Waals surface area contributed by atoms with Gasteiger partial charge in [0.25, 0.3) is 0 Å². The summed E-state index contributed by atoms with van der Waals surface area (Å²) in [6.07, 6.45) is 3.64. The van der Waals surface area contributed by atoms with Gasteiger partial charge in [0.15, 0.2) is 17.5 Å². The molecule has 1 aromatic carbocycles. The number of benzene rings is 1. The molecule has 1 aromatic rings. The van der Waals surface area contributed by atoms with Crippen LogP contribution in [0.5, 0.6) is 0 Å². The highest BCUT2D eigenvalue weighted by Gasteiger charge is 2.58. The number of carbonyl (C=O) groups is 2. The average Bonchev–Trinajstić information content (AvgIpc) is 3.37. The molecule has 1 saturated heterocycles. The largest absolute Gasteiger partial charge is 0.342 e. The highest BCUT2D eigenvalue weighted by Crippen LogP contribution is 2.48. The molecule has 0 unspecified atom stereocenters. The number of rotatable bonds is 3. The molecule has 0 aromatic heterocycles. The average molecular weight is 326 g/mol. The molecule has 1 saturated carbocycles. The summed E-state index contributed by atoms with van der Waals surface area (Å²) in [6.45, 7) is 1.24. The van der Waals surface area contributed by atoms with Gasteiger partial charge in [-0.2, -0.15) is 0 Å². The monoisotopic (exact) mass is 326 g/mol. The summed E-state index contributed by atoms with van der Waals surface area (Å²) in [6, 6.07) is 1.69. The van der Waals surface area contributed by atoms with E-state index in [0.717, 1.165) is 31.4 Å². The second-order valence-corrected chi connectivity index (χ2v) is 6.11. The molecular formula is C16H17F3N2O2. The molecule has 0 spiro atoms. The molecule has 2 fully saturated rings. The van der Waals surface area contributed by atoms with Gasteiger partial charge in [-0.3, -0.25) is 9.59 Å². The van der Waals surface area contributed by atoms with Gasteiger partial charge < -0.3 is 10.2 Å². The standard InChI is InChI=1S/C16H17F3N2O2/c17-10-4-5-11(13(19)12(10)18)20-14(22)16(6-7-16)15(23)21-8-2-1-3-9-21/h4-5H,1-3,6-9H2,(H,20,22). The van der Waals surface area contributed by atoms with Crippen LogP contribution in [0.3, 0.4) is 0 Å². The number of likely N-dealkylation sites (tertiary alicyclic amines) is 1. The third-order valence-electron chi connectivity index (χ3n) is 4.52. The summed E-state index contributed by atoms with van der Waals surface area (Å²) in [5, 5.41) is 2.23. The Bertz CT molecular complexity index is 653. The van der Waals surface area contributed by atoms with Crippen LogP contribution in [0.4, 0.5) is 18.9 Å². The fourth-order valence-electron chi connectivity index (χ4n) is 2.93. The molecule has 1 heterocycles. The van der Waals surface area contributed by atoms with Crippen LogP contribution in [0, 0.1) is 22.9 Å². The lowest BCUT2D eigenvalue weighted by molar-refractivity contribution is -0.143. The van der Waals surface area contributed by atoms with E-state index < -0.39 is 34.5 Å². The van der Waals surface area contributed by atoms with Gasteiger partial charge in [0, 0.05) is 13.1 Å². The Hall–Kier alpha value is -2.05. The van der Waals surface area contributed by atoms with Crippen molar-refractivity contribution in [2.75, 3.05) is 18.4 Å². The minimum atomic E-state index is -1.64. The van der Waals surface area contributed by atoms with Crippen LogP contribution in [0.1, 0.15) is 32.1 Å². The maximum absolute atomic E-state index is 13.7. The van der Waals surface area contributed by atoms with Crippen LogP contribution < -0.4 is 5.32 Å². The van der Waals surface area contributed by atoms with Crippen LogP contribution >= 0.6 is 0 Å². The van der Waals surface area contributed by atoms with E-state index in [0.29, 0.717) is 25.9 Å². The summed E-state index contributed by atoms with van der Waals surface area (Å²) >= 11 is 0. The molecule has 0 radical (unpaired) electrons. The van der Waals surface area contributed by atoms with Gasteiger partial charge in [-0.25, -0.2) is 13.2 Å². The van der Waals surface area contributed by atoms with Crippen molar-refractivity contribution in [3.63, 3.8) is 0 Å². The molecule has 2 amide bonds. The fourth-order valence-corrected chi connectivity index (χ4v) is 2.93. The topological polar surface area (TPSA) is 49.4 Å². The van der Waals surface area contributed by atoms with E-state index >= 15 is 0 Å². The van der Waals surface area contributed by atoms with E-state index in [1.807, 2.05) is 0 Å². The van der Waals surface area contributed by atoms with E-state index in [1.165, 1.54) is 0 Å². The first-order chi connectivity index (χ1) is 11.0. The van der Waals surface area contributed by atoms with Crippen molar-refractivity contribution in [1.82, 2.24) is 4.90 Å². The second-order valence-electron chi connectivity index (χ2n) is 6.11. The van der Waals surface area contributed by atoms with Gasteiger partial charge in [-0.15, -0.1) is 0 Å². The molecule has 0 atom stereocenters. The summed E-state index contributed by atoms with van der Waals surface area (Å²) in [4.78, 5) is 26.6. The van der Waals surface area contributed by atoms with Gasteiger partial charge in [0.05, 0.1) is 5.69 Å². The van der Waals surface area contributed by atoms with E-state index in [-0.39, 0.29) is 5.91 Å². The normalized spacial score (nSPS) is 19.3. The quantitative estimate of drug-likeness (QED) is 0.686. The maximum atomic E-state index is 13.7. The van der Waals surface area contributed by atoms with E-state index in [2.05, 4.69) is 5.32 Å². The molecule has 7 heteroatoms. The van der Waals surface area contributed by atoms with Gasteiger partial charge in [0.1, 0.15) is 5.41 Å². The smallest absolute Gasteiger partial charge is 0.240 e. The number of halogens is 3. The third-order valence-corrected chi connectivity index (χ3v) is 4.52. The predicted molar refractivity (Wildman–Crippen MR) is 77.0 cm³/mol. The molecule has 2 aliphatic rings. The SMILES string of the molecule is O=C(Nc1ccc(F)c(F)c1F)C1(C(=O)N2CCCCC2)CC1. The van der Waals surface area contributed by atoms with Gasteiger partial charge in [-0.05, 0) is 44.2 Å². The van der Waals surface area contributed by atoms with Crippen LogP contribution in [-0.4, -0.2) is 29.8 Å². The summed E-state index contributed by atoms with van der Waals surface area (Å²) in [7, 11) is 0. The van der Waals surface area contributed by atoms with Crippen LogP contribution in [0.15, 0.2) is 12.1 Å². The Balaban J connectivity index is 1.75. The van der Waals surface area contributed by atoms with Crippen molar-refractivity contribution in [3.05, 3.63) is 29.6 Å². The number of hydrogen-bond donors (Lipinski definition) is 1. The second kappa shape index (κ2) is 5.86. The lowest BCUT2D eigenvalue weighted by Gasteiger charge is -2.30. The first-order valence-electron chi connectivity index (χ1n) is 7.70. The zero-order chi connectivity index (χ0) is 16.6. The van der Waals surface area contributed by atoms with Crippen molar-refractivity contribution in [3.8, 4) is 0 Å². The molecule has 23 heavy (non-hydrogen) atoms. The molecular weight excluding hydrogens is 309 g/mol. The lowest BCUT2D eigenvalue weighted by Crippen LogP contribution is -2.45. The summed E-state index contributed by atoms with van der Waals surface area (Å²) < 4.78 is 39.8. The molecule has 3 rings (SSSR count). The highest BCUT2D eigenvalue weighted by atomic mass is 19.2. The Kier molecular flexibility index (Phi) is 4.04. The maximum Gasteiger partial charge on any atom is 0.240 e. The zero-order valence-electron chi connectivity index (χ0n) is 12.5. The first kappa shape index (κ1) is 15.8. The van der Waals surface area contributed by atoms with Crippen molar-refractivity contribution in [2.45, 2.75) is 32.1 Å². The molecule has 0 bridgehead atoms. The number of nitrogens with one attached hydrogen (secondary N) is 1. The summed E-state index contributed by atoms with van der Waals surface area (Å²) in [5.74, 6) is -5.34. The Labute approximate surface area is 131 Å². The number of anilines is 1. The van der Waals surface area contributed by atoms with Crippen LogP contribution in [0.2, 0.25) is 0 Å². The van der Waals surface area contributed by atoms with Gasteiger partial charge in [0.2, 0.25) is 11.8 Å². The Morgan fingerprint density at radius 1 is 1.00 bits per heavy atom. The van der Waals surface area contributed by atoms with E-state index in [9.17, 15) is 22.8 Å². The van der Waals surface area contributed by atoms with Gasteiger partial charge >= 0.3 is 0 Å². The number of nitrogens with zero attached hydrogens (tertiary/aromatic N) is 1. The third kappa shape index (κ3) is 2.80. The Morgan fingerprint density at radius 2 is 1.65 bits per heavy atom. The molecule has 1 aliphatic carbocycles. The van der Waals surface area contributed by atoms with Crippen molar-refractivity contribution in [1.29, 1.82) is 0 Å². The highest BCUT2D eigenvalue weighted by molar-refractivity contribution is 6.13. The van der Waals surface area contributed by atoms with Crippen molar-refractivity contribution >= 4 is 17.5 Å². The molecule has 124 valence electrons. The van der Waals surface area contributed by atoms with Gasteiger partial charge in [-0.1, -0.05) is 0 Å². The summed E-state index contributed by atoms with van der Waals surface area (Å²) in [5.41, 5.74) is -1.64. The molecule has 1 aliphatic heterocycles. The molecule has 1 N–H and O–H groups in total. The molecule has 4 nitrogen and oxygen atoms in total.